The van der Waals surface area contributed by atoms with Crippen molar-refractivity contribution in [2.24, 2.45) is 0 Å². The second-order valence-electron chi connectivity index (χ2n) is 4.79. The number of nitrogens with zero attached hydrogens (tertiary/aromatic N) is 3. The molecule has 1 saturated heterocycles. The smallest absolute Gasteiger partial charge is 0.227 e. The number of rotatable bonds is 5. The first kappa shape index (κ1) is 13.1. The van der Waals surface area contributed by atoms with Gasteiger partial charge in [0.15, 0.2) is 0 Å². The summed E-state index contributed by atoms with van der Waals surface area (Å²) in [6.07, 6.45) is 3.19. The number of aliphatic hydroxyl groups is 1. The van der Waals surface area contributed by atoms with E-state index in [1.807, 2.05) is 13.0 Å². The number of aliphatic hydroxyl groups excluding tert-OH is 1. The molecule has 18 heavy (non-hydrogen) atoms. The van der Waals surface area contributed by atoms with E-state index in [2.05, 4.69) is 27.1 Å². The first-order valence-corrected chi connectivity index (χ1v) is 6.71. The van der Waals surface area contributed by atoms with Gasteiger partial charge in [0.25, 0.3) is 0 Å². The van der Waals surface area contributed by atoms with Crippen LogP contribution in [-0.4, -0.2) is 40.8 Å². The number of nitrogens with one attached hydrogen (secondary N) is 1. The van der Waals surface area contributed by atoms with Crippen molar-refractivity contribution in [2.75, 3.05) is 29.9 Å². The predicted octanol–water partition coefficient (Wildman–Crippen LogP) is 1.57. The number of aryl methyl sites for hydroxylation is 1. The highest BCUT2D eigenvalue weighted by atomic mass is 16.3. The average molecular weight is 250 g/mol. The first-order valence-electron chi connectivity index (χ1n) is 6.71. The lowest BCUT2D eigenvalue weighted by Crippen LogP contribution is -2.33. The Labute approximate surface area is 108 Å². The standard InChI is InChI=1S/C13H22N4O/c1-3-6-14-12-8-10(2)15-13(16-12)17-7-4-5-11(17)9-18/h8,11,18H,3-7,9H2,1-2H3,(H,14,15,16). The summed E-state index contributed by atoms with van der Waals surface area (Å²) >= 11 is 0. The Balaban J connectivity index is 2.18. The van der Waals surface area contributed by atoms with Gasteiger partial charge in [0.1, 0.15) is 5.82 Å². The van der Waals surface area contributed by atoms with Gasteiger partial charge in [-0.1, -0.05) is 6.92 Å². The Morgan fingerprint density at radius 1 is 1.50 bits per heavy atom. The molecule has 100 valence electrons. The molecule has 1 unspecified atom stereocenters. The van der Waals surface area contributed by atoms with E-state index < -0.39 is 0 Å². The molecule has 1 atom stereocenters. The molecular formula is C13H22N4O. The van der Waals surface area contributed by atoms with Gasteiger partial charge in [-0.25, -0.2) is 4.98 Å². The van der Waals surface area contributed by atoms with Crippen LogP contribution in [0.5, 0.6) is 0 Å². The van der Waals surface area contributed by atoms with Gasteiger partial charge in [-0.15, -0.1) is 0 Å². The Morgan fingerprint density at radius 3 is 3.06 bits per heavy atom. The molecule has 2 heterocycles. The summed E-state index contributed by atoms with van der Waals surface area (Å²) in [7, 11) is 0. The molecule has 1 aromatic rings. The Bertz CT molecular complexity index is 397. The highest BCUT2D eigenvalue weighted by molar-refractivity contribution is 5.44. The molecule has 0 amide bonds. The molecule has 0 saturated carbocycles. The molecule has 1 fully saturated rings. The number of hydrogen-bond acceptors (Lipinski definition) is 5. The van der Waals surface area contributed by atoms with Crippen LogP contribution in [-0.2, 0) is 0 Å². The molecule has 0 radical (unpaired) electrons. The van der Waals surface area contributed by atoms with E-state index in [-0.39, 0.29) is 12.6 Å². The molecule has 0 bridgehead atoms. The molecule has 0 spiro atoms. The minimum atomic E-state index is 0.172. The van der Waals surface area contributed by atoms with E-state index in [9.17, 15) is 5.11 Å². The monoisotopic (exact) mass is 250 g/mol. The second-order valence-corrected chi connectivity index (χ2v) is 4.79. The quantitative estimate of drug-likeness (QED) is 0.830. The number of anilines is 2. The molecule has 2 rings (SSSR count). The van der Waals surface area contributed by atoms with Crippen LogP contribution < -0.4 is 10.2 Å². The fourth-order valence-corrected chi connectivity index (χ4v) is 2.31. The van der Waals surface area contributed by atoms with Crippen molar-refractivity contribution in [1.29, 1.82) is 0 Å². The maximum atomic E-state index is 9.36. The van der Waals surface area contributed by atoms with Gasteiger partial charge in [-0.2, -0.15) is 4.98 Å². The van der Waals surface area contributed by atoms with E-state index in [1.165, 1.54) is 0 Å². The van der Waals surface area contributed by atoms with Crippen molar-refractivity contribution < 1.29 is 5.11 Å². The van der Waals surface area contributed by atoms with Crippen molar-refractivity contribution in [3.63, 3.8) is 0 Å². The molecule has 0 aliphatic carbocycles. The molecule has 5 nitrogen and oxygen atoms in total. The van der Waals surface area contributed by atoms with E-state index in [0.717, 1.165) is 49.8 Å². The molecule has 1 aliphatic heterocycles. The summed E-state index contributed by atoms with van der Waals surface area (Å²) in [5, 5.41) is 12.7. The van der Waals surface area contributed by atoms with Gasteiger partial charge >= 0.3 is 0 Å². The maximum Gasteiger partial charge on any atom is 0.227 e. The van der Waals surface area contributed by atoms with Gasteiger partial charge < -0.3 is 15.3 Å². The lowest BCUT2D eigenvalue weighted by atomic mass is 10.2. The van der Waals surface area contributed by atoms with Crippen molar-refractivity contribution in [1.82, 2.24) is 9.97 Å². The fourth-order valence-electron chi connectivity index (χ4n) is 2.31. The molecular weight excluding hydrogens is 228 g/mol. The lowest BCUT2D eigenvalue weighted by Gasteiger charge is -2.23. The Morgan fingerprint density at radius 2 is 2.33 bits per heavy atom. The summed E-state index contributed by atoms with van der Waals surface area (Å²) in [5.74, 6) is 1.62. The minimum Gasteiger partial charge on any atom is -0.394 e. The zero-order valence-electron chi connectivity index (χ0n) is 11.2. The second kappa shape index (κ2) is 6.00. The zero-order chi connectivity index (χ0) is 13.0. The Hall–Kier alpha value is -1.36. The summed E-state index contributed by atoms with van der Waals surface area (Å²) < 4.78 is 0. The molecule has 1 aromatic heterocycles. The molecule has 1 aliphatic rings. The average Bonchev–Trinajstić information content (AvgIpc) is 2.84. The SMILES string of the molecule is CCCNc1cc(C)nc(N2CCCC2CO)n1. The highest BCUT2D eigenvalue weighted by Gasteiger charge is 2.26. The number of hydrogen-bond donors (Lipinski definition) is 2. The van der Waals surface area contributed by atoms with E-state index in [1.54, 1.807) is 0 Å². The molecule has 2 N–H and O–H groups in total. The maximum absolute atomic E-state index is 9.36. The van der Waals surface area contributed by atoms with Gasteiger partial charge in [0, 0.05) is 24.8 Å². The van der Waals surface area contributed by atoms with Crippen molar-refractivity contribution >= 4 is 11.8 Å². The van der Waals surface area contributed by atoms with Gasteiger partial charge in [-0.3, -0.25) is 0 Å². The van der Waals surface area contributed by atoms with Crippen LogP contribution in [0.4, 0.5) is 11.8 Å². The van der Waals surface area contributed by atoms with E-state index >= 15 is 0 Å². The summed E-state index contributed by atoms with van der Waals surface area (Å²) in [5.41, 5.74) is 0.960. The third kappa shape index (κ3) is 2.90. The number of aromatic nitrogens is 2. The summed E-state index contributed by atoms with van der Waals surface area (Å²) in [6.45, 7) is 6.13. The van der Waals surface area contributed by atoms with Crippen molar-refractivity contribution in [3.05, 3.63) is 11.8 Å². The summed E-state index contributed by atoms with van der Waals surface area (Å²) in [4.78, 5) is 11.1. The van der Waals surface area contributed by atoms with Crippen LogP contribution in [0.15, 0.2) is 6.07 Å². The largest absolute Gasteiger partial charge is 0.394 e. The molecule has 5 heteroatoms. The summed E-state index contributed by atoms with van der Waals surface area (Å²) in [6, 6.07) is 2.13. The zero-order valence-corrected chi connectivity index (χ0v) is 11.2. The van der Waals surface area contributed by atoms with Crippen LogP contribution in [0, 0.1) is 6.92 Å². The topological polar surface area (TPSA) is 61.3 Å². The van der Waals surface area contributed by atoms with Crippen LogP contribution in [0.2, 0.25) is 0 Å². The van der Waals surface area contributed by atoms with Crippen molar-refractivity contribution in [3.8, 4) is 0 Å². The van der Waals surface area contributed by atoms with Gasteiger partial charge in [-0.05, 0) is 26.2 Å². The molecule has 0 aromatic carbocycles. The highest BCUT2D eigenvalue weighted by Crippen LogP contribution is 2.23. The normalized spacial score (nSPS) is 19.3. The van der Waals surface area contributed by atoms with E-state index in [0.29, 0.717) is 0 Å². The van der Waals surface area contributed by atoms with Crippen LogP contribution in [0.3, 0.4) is 0 Å². The predicted molar refractivity (Wildman–Crippen MR) is 73.0 cm³/mol. The van der Waals surface area contributed by atoms with Gasteiger partial charge in [0.05, 0.1) is 12.6 Å². The third-order valence-electron chi connectivity index (χ3n) is 3.24. The fraction of sp³-hybridized carbons (Fsp3) is 0.692. The van der Waals surface area contributed by atoms with Crippen LogP contribution in [0.1, 0.15) is 31.9 Å². The minimum absolute atomic E-state index is 0.172. The van der Waals surface area contributed by atoms with E-state index in [4.69, 9.17) is 0 Å². The third-order valence-corrected chi connectivity index (χ3v) is 3.24. The van der Waals surface area contributed by atoms with Crippen molar-refractivity contribution in [2.45, 2.75) is 39.2 Å². The van der Waals surface area contributed by atoms with Gasteiger partial charge in [0.2, 0.25) is 5.95 Å². The van der Waals surface area contributed by atoms with Crippen LogP contribution >= 0.6 is 0 Å². The Kier molecular flexibility index (Phi) is 4.36. The first-order chi connectivity index (χ1) is 8.74. The lowest BCUT2D eigenvalue weighted by molar-refractivity contribution is 0.265. The van der Waals surface area contributed by atoms with Crippen LogP contribution in [0.25, 0.3) is 0 Å².